The minimum absolute atomic E-state index is 0.0369. The van der Waals surface area contributed by atoms with Crippen molar-refractivity contribution in [3.05, 3.63) is 41.6 Å². The molecule has 124 valence electrons. The number of hydrogen-bond acceptors (Lipinski definition) is 2. The molecule has 0 saturated carbocycles. The van der Waals surface area contributed by atoms with Crippen molar-refractivity contribution in [2.75, 3.05) is 13.1 Å². The highest BCUT2D eigenvalue weighted by molar-refractivity contribution is 5.81. The lowest BCUT2D eigenvalue weighted by Gasteiger charge is -2.33. The summed E-state index contributed by atoms with van der Waals surface area (Å²) in [6.45, 7) is 7.17. The third-order valence-corrected chi connectivity index (χ3v) is 4.35. The van der Waals surface area contributed by atoms with E-state index in [0.717, 1.165) is 30.5 Å². The van der Waals surface area contributed by atoms with E-state index in [1.165, 1.54) is 0 Å². The monoisotopic (exact) mass is 314 g/mol. The number of carbonyl (C=O) groups excluding carboxylic acids is 2. The number of hydrogen-bond donors (Lipinski definition) is 0. The molecule has 0 radical (unpaired) electrons. The summed E-state index contributed by atoms with van der Waals surface area (Å²) in [5.74, 6) is 0.0764. The smallest absolute Gasteiger partial charge is 0.224 e. The van der Waals surface area contributed by atoms with Gasteiger partial charge in [0.2, 0.25) is 11.8 Å². The van der Waals surface area contributed by atoms with Crippen molar-refractivity contribution in [1.82, 2.24) is 9.80 Å². The van der Waals surface area contributed by atoms with Crippen LogP contribution in [0.5, 0.6) is 0 Å². The van der Waals surface area contributed by atoms with Gasteiger partial charge in [0.1, 0.15) is 0 Å². The lowest BCUT2D eigenvalue weighted by atomic mass is 9.93. The van der Waals surface area contributed by atoms with E-state index in [4.69, 9.17) is 0 Å². The van der Waals surface area contributed by atoms with Gasteiger partial charge in [-0.05, 0) is 30.5 Å². The lowest BCUT2D eigenvalue weighted by Crippen LogP contribution is -2.37. The van der Waals surface area contributed by atoms with Crippen LogP contribution < -0.4 is 0 Å². The number of carbonyl (C=O) groups is 2. The molecule has 4 heteroatoms. The second-order valence-electron chi connectivity index (χ2n) is 5.92. The maximum Gasteiger partial charge on any atom is 0.224 e. The first-order chi connectivity index (χ1) is 11.1. The largest absolute Gasteiger partial charge is 0.343 e. The Labute approximate surface area is 138 Å². The number of fused-ring (bicyclic) bond motifs is 1. The summed E-state index contributed by atoms with van der Waals surface area (Å²) in [4.78, 5) is 28.2. The molecule has 4 nitrogen and oxygen atoms in total. The molecular weight excluding hydrogens is 288 g/mol. The molecule has 2 amide bonds. The summed E-state index contributed by atoms with van der Waals surface area (Å²) in [5, 5.41) is 0. The predicted molar refractivity (Wildman–Crippen MR) is 92.5 cm³/mol. The summed E-state index contributed by atoms with van der Waals surface area (Å²) in [7, 11) is 0. The lowest BCUT2D eigenvalue weighted by molar-refractivity contribution is -0.134. The first-order valence-electron chi connectivity index (χ1n) is 8.42. The third kappa shape index (κ3) is 4.01. The van der Waals surface area contributed by atoms with E-state index < -0.39 is 0 Å². The molecule has 1 aromatic carbocycles. The van der Waals surface area contributed by atoms with Crippen molar-refractivity contribution in [1.29, 1.82) is 0 Å². The number of benzene rings is 1. The van der Waals surface area contributed by atoms with E-state index in [1.807, 2.05) is 42.2 Å². The standard InChI is InChI=1S/C19H26N2O2/c1-4-6-12-20(5-2)19(23)14-18-17-10-8-7-9-16(17)11-13-21(18)15(3)22/h7-11,13,18H,4-6,12,14H2,1-3H3. The molecule has 0 bridgehead atoms. The van der Waals surface area contributed by atoms with Crippen LogP contribution in [0.2, 0.25) is 0 Å². The normalized spacial score (nSPS) is 16.1. The zero-order chi connectivity index (χ0) is 16.8. The number of rotatable bonds is 6. The van der Waals surface area contributed by atoms with E-state index in [0.29, 0.717) is 13.0 Å². The minimum Gasteiger partial charge on any atom is -0.343 e. The molecule has 0 spiro atoms. The van der Waals surface area contributed by atoms with Crippen LogP contribution in [0.25, 0.3) is 6.08 Å². The predicted octanol–water partition coefficient (Wildman–Crippen LogP) is 3.60. The van der Waals surface area contributed by atoms with Gasteiger partial charge in [0.25, 0.3) is 0 Å². The van der Waals surface area contributed by atoms with Crippen molar-refractivity contribution in [3.63, 3.8) is 0 Å². The Morgan fingerprint density at radius 2 is 1.96 bits per heavy atom. The number of unbranched alkanes of at least 4 members (excludes halogenated alkanes) is 1. The maximum absolute atomic E-state index is 12.7. The van der Waals surface area contributed by atoms with Crippen LogP contribution >= 0.6 is 0 Å². The van der Waals surface area contributed by atoms with E-state index in [2.05, 4.69) is 6.92 Å². The summed E-state index contributed by atoms with van der Waals surface area (Å²) in [6, 6.07) is 7.76. The van der Waals surface area contributed by atoms with Crippen LogP contribution in [0.15, 0.2) is 30.5 Å². The molecule has 2 rings (SSSR count). The van der Waals surface area contributed by atoms with Crippen LogP contribution in [-0.2, 0) is 9.59 Å². The molecular formula is C19H26N2O2. The van der Waals surface area contributed by atoms with Crippen LogP contribution in [0.4, 0.5) is 0 Å². The Kier molecular flexibility index (Phi) is 5.97. The van der Waals surface area contributed by atoms with Gasteiger partial charge in [-0.1, -0.05) is 37.6 Å². The fraction of sp³-hybridized carbons (Fsp3) is 0.474. The highest BCUT2D eigenvalue weighted by Gasteiger charge is 2.29. The summed E-state index contributed by atoms with van der Waals surface area (Å²) in [5.41, 5.74) is 2.13. The van der Waals surface area contributed by atoms with Gasteiger partial charge in [-0.25, -0.2) is 0 Å². The van der Waals surface area contributed by atoms with Crippen LogP contribution in [0, 0.1) is 0 Å². The van der Waals surface area contributed by atoms with E-state index in [-0.39, 0.29) is 17.9 Å². The van der Waals surface area contributed by atoms with Crippen molar-refractivity contribution in [2.24, 2.45) is 0 Å². The molecule has 1 heterocycles. The summed E-state index contributed by atoms with van der Waals surface area (Å²) in [6.07, 6.45) is 6.14. The highest BCUT2D eigenvalue weighted by atomic mass is 16.2. The Balaban J connectivity index is 2.22. The first kappa shape index (κ1) is 17.3. The Hall–Kier alpha value is -2.10. The Morgan fingerprint density at radius 1 is 1.22 bits per heavy atom. The highest BCUT2D eigenvalue weighted by Crippen LogP contribution is 2.33. The molecule has 1 unspecified atom stereocenters. The zero-order valence-corrected chi connectivity index (χ0v) is 14.3. The van der Waals surface area contributed by atoms with Crippen molar-refractivity contribution < 1.29 is 9.59 Å². The molecule has 1 atom stereocenters. The second-order valence-corrected chi connectivity index (χ2v) is 5.92. The second kappa shape index (κ2) is 7.95. The number of amides is 2. The van der Waals surface area contributed by atoms with Gasteiger partial charge in [-0.15, -0.1) is 0 Å². The number of nitrogens with zero attached hydrogens (tertiary/aromatic N) is 2. The van der Waals surface area contributed by atoms with Gasteiger partial charge in [-0.2, -0.15) is 0 Å². The SMILES string of the molecule is CCCCN(CC)C(=O)CC1c2ccccc2C=CN1C(C)=O. The quantitative estimate of drug-likeness (QED) is 0.805. The summed E-state index contributed by atoms with van der Waals surface area (Å²) >= 11 is 0. The van der Waals surface area contributed by atoms with Gasteiger partial charge >= 0.3 is 0 Å². The van der Waals surface area contributed by atoms with Crippen molar-refractivity contribution in [3.8, 4) is 0 Å². The van der Waals surface area contributed by atoms with Gasteiger partial charge in [0, 0.05) is 26.2 Å². The topological polar surface area (TPSA) is 40.6 Å². The molecule has 1 aliphatic rings. The van der Waals surface area contributed by atoms with E-state index in [9.17, 15) is 9.59 Å². The van der Waals surface area contributed by atoms with Crippen LogP contribution in [-0.4, -0.2) is 34.7 Å². The van der Waals surface area contributed by atoms with Crippen molar-refractivity contribution in [2.45, 2.75) is 46.1 Å². The van der Waals surface area contributed by atoms with Gasteiger partial charge in [0.05, 0.1) is 12.5 Å². The average Bonchev–Trinajstić information content (AvgIpc) is 2.55. The molecule has 1 aliphatic heterocycles. The molecule has 0 aliphatic carbocycles. The molecule has 0 N–H and O–H groups in total. The molecule has 23 heavy (non-hydrogen) atoms. The fourth-order valence-electron chi connectivity index (χ4n) is 3.02. The average molecular weight is 314 g/mol. The minimum atomic E-state index is -0.211. The molecule has 0 aromatic heterocycles. The Bertz CT molecular complexity index is 595. The molecule has 0 saturated heterocycles. The van der Waals surface area contributed by atoms with E-state index in [1.54, 1.807) is 18.0 Å². The first-order valence-corrected chi connectivity index (χ1v) is 8.42. The van der Waals surface area contributed by atoms with Gasteiger partial charge in [-0.3, -0.25) is 9.59 Å². The zero-order valence-electron chi connectivity index (χ0n) is 14.3. The van der Waals surface area contributed by atoms with E-state index >= 15 is 0 Å². The van der Waals surface area contributed by atoms with Crippen LogP contribution in [0.1, 0.15) is 57.2 Å². The summed E-state index contributed by atoms with van der Waals surface area (Å²) < 4.78 is 0. The van der Waals surface area contributed by atoms with Gasteiger partial charge in [0.15, 0.2) is 0 Å². The maximum atomic E-state index is 12.7. The fourth-order valence-corrected chi connectivity index (χ4v) is 3.02. The molecule has 1 aromatic rings. The van der Waals surface area contributed by atoms with Gasteiger partial charge < -0.3 is 9.80 Å². The van der Waals surface area contributed by atoms with Crippen LogP contribution in [0.3, 0.4) is 0 Å². The third-order valence-electron chi connectivity index (χ3n) is 4.35. The van der Waals surface area contributed by atoms with Crippen molar-refractivity contribution >= 4 is 17.9 Å². The molecule has 0 fully saturated rings. The Morgan fingerprint density at radius 3 is 2.61 bits per heavy atom.